The van der Waals surface area contributed by atoms with Crippen LogP contribution in [0.15, 0.2) is 85.1 Å². The highest BCUT2D eigenvalue weighted by atomic mass is 16.6. The van der Waals surface area contributed by atoms with Crippen LogP contribution in [-0.2, 0) is 28.6 Å². The first kappa shape index (κ1) is 73.6. The second-order valence-electron chi connectivity index (χ2n) is 22.0. The maximum atomic E-state index is 12.9. The van der Waals surface area contributed by atoms with Crippen molar-refractivity contribution in [3.63, 3.8) is 0 Å². The molecule has 6 heteroatoms. The molecule has 0 fully saturated rings. The number of allylic oxidation sites excluding steroid dienone is 14. The van der Waals surface area contributed by atoms with Gasteiger partial charge in [0.15, 0.2) is 6.10 Å². The average Bonchev–Trinajstić information content (AvgIpc) is 3.43. The average molecular weight is 1070 g/mol. The highest BCUT2D eigenvalue weighted by molar-refractivity contribution is 5.71. The zero-order valence-corrected chi connectivity index (χ0v) is 51.0. The Bertz CT molecular complexity index is 1470. The molecule has 1 unspecified atom stereocenters. The first-order valence-electron chi connectivity index (χ1n) is 33.1. The van der Waals surface area contributed by atoms with Gasteiger partial charge < -0.3 is 14.2 Å². The van der Waals surface area contributed by atoms with Crippen LogP contribution >= 0.6 is 0 Å². The van der Waals surface area contributed by atoms with Gasteiger partial charge in [-0.15, -0.1) is 0 Å². The molecule has 0 heterocycles. The molecule has 0 saturated carbocycles. The van der Waals surface area contributed by atoms with Gasteiger partial charge in [-0.2, -0.15) is 0 Å². The van der Waals surface area contributed by atoms with Crippen molar-refractivity contribution >= 4 is 17.9 Å². The molecule has 1 atom stereocenters. The molecular weight excluding hydrogens is 949 g/mol. The Kier molecular flexibility index (Phi) is 62.2. The molecule has 0 bridgehead atoms. The van der Waals surface area contributed by atoms with Gasteiger partial charge in [-0.25, -0.2) is 0 Å². The first-order chi connectivity index (χ1) is 38.0. The maximum Gasteiger partial charge on any atom is 0.306 e. The third kappa shape index (κ3) is 63.3. The molecule has 444 valence electrons. The zero-order chi connectivity index (χ0) is 55.7. The number of unbranched alkanes of at least 4 members (excludes halogenated alkanes) is 35. The van der Waals surface area contributed by atoms with Crippen molar-refractivity contribution in [2.45, 2.75) is 335 Å². The molecule has 0 N–H and O–H groups in total. The highest BCUT2D eigenvalue weighted by Gasteiger charge is 2.19. The predicted octanol–water partition coefficient (Wildman–Crippen LogP) is 22.7. The zero-order valence-electron chi connectivity index (χ0n) is 51.0. The molecule has 0 aliphatic rings. The molecule has 0 spiro atoms. The second kappa shape index (κ2) is 65.1. The fourth-order valence-electron chi connectivity index (χ4n) is 9.44. The minimum absolute atomic E-state index is 0.0744. The van der Waals surface area contributed by atoms with E-state index in [0.717, 1.165) is 96.3 Å². The largest absolute Gasteiger partial charge is 0.462 e. The fraction of sp³-hybridized carbons (Fsp3) is 0.761. The Labute approximate surface area is 477 Å². The third-order valence-electron chi connectivity index (χ3n) is 14.4. The van der Waals surface area contributed by atoms with E-state index in [1.54, 1.807) is 0 Å². The second-order valence-corrected chi connectivity index (χ2v) is 22.0. The third-order valence-corrected chi connectivity index (χ3v) is 14.4. The van der Waals surface area contributed by atoms with Crippen molar-refractivity contribution in [3.8, 4) is 0 Å². The van der Waals surface area contributed by atoms with E-state index in [0.29, 0.717) is 19.3 Å². The smallest absolute Gasteiger partial charge is 0.306 e. The van der Waals surface area contributed by atoms with E-state index in [9.17, 15) is 14.4 Å². The molecule has 0 radical (unpaired) electrons. The van der Waals surface area contributed by atoms with Crippen molar-refractivity contribution in [3.05, 3.63) is 85.1 Å². The topological polar surface area (TPSA) is 78.9 Å². The van der Waals surface area contributed by atoms with Gasteiger partial charge in [0.2, 0.25) is 0 Å². The van der Waals surface area contributed by atoms with E-state index >= 15 is 0 Å². The Hall–Kier alpha value is -3.41. The van der Waals surface area contributed by atoms with Crippen LogP contribution in [0.1, 0.15) is 329 Å². The summed E-state index contributed by atoms with van der Waals surface area (Å²) in [6.45, 7) is 6.54. The number of esters is 3. The standard InChI is InChI=1S/C71H124O6/c1-4-7-10-13-16-19-22-24-26-28-30-31-32-33-34-35-36-37-38-39-40-41-42-44-45-47-49-52-55-58-61-64-70(73)76-67-68(66-75-69(72)63-60-57-54-51-21-18-15-12-9-6-3)77-71(74)65-62-59-56-53-50-48-46-43-29-27-25-23-20-17-14-11-8-5-2/h7,10,16,19,24,26-27,29-31,33-34,36-37,68H,4-6,8-9,11-15,17-18,20-23,25,28,32,35,38-67H2,1-3H3/b10-7-,19-16-,26-24-,29-27-,31-30-,34-33-,37-36-. The van der Waals surface area contributed by atoms with Crippen molar-refractivity contribution in [2.24, 2.45) is 0 Å². The Morgan fingerprint density at radius 3 is 0.805 bits per heavy atom. The molecule has 0 aliphatic heterocycles. The van der Waals surface area contributed by atoms with Gasteiger partial charge in [0.05, 0.1) is 0 Å². The summed E-state index contributed by atoms with van der Waals surface area (Å²) in [7, 11) is 0. The van der Waals surface area contributed by atoms with Crippen LogP contribution in [0.2, 0.25) is 0 Å². The van der Waals surface area contributed by atoms with Crippen LogP contribution in [0, 0.1) is 0 Å². The predicted molar refractivity (Wildman–Crippen MR) is 334 cm³/mol. The number of ether oxygens (including phenoxy) is 3. The summed E-state index contributed by atoms with van der Waals surface area (Å²) >= 11 is 0. The molecule has 0 rings (SSSR count). The molecule has 6 nitrogen and oxygen atoms in total. The Morgan fingerprint density at radius 1 is 0.273 bits per heavy atom. The van der Waals surface area contributed by atoms with Crippen LogP contribution < -0.4 is 0 Å². The molecule has 0 amide bonds. The lowest BCUT2D eigenvalue weighted by Crippen LogP contribution is -2.30. The minimum atomic E-state index is -0.777. The monoisotopic (exact) mass is 1070 g/mol. The highest BCUT2D eigenvalue weighted by Crippen LogP contribution is 2.17. The van der Waals surface area contributed by atoms with E-state index in [1.165, 1.54) is 193 Å². The van der Waals surface area contributed by atoms with Crippen molar-refractivity contribution in [1.82, 2.24) is 0 Å². The van der Waals surface area contributed by atoms with Gasteiger partial charge >= 0.3 is 17.9 Å². The van der Waals surface area contributed by atoms with Crippen LogP contribution in [0.5, 0.6) is 0 Å². The number of rotatable bonds is 60. The number of carbonyl (C=O) groups is 3. The van der Waals surface area contributed by atoms with E-state index in [1.807, 2.05) is 0 Å². The summed E-state index contributed by atoms with van der Waals surface area (Å²) in [5.41, 5.74) is 0. The minimum Gasteiger partial charge on any atom is -0.462 e. The normalized spacial score (nSPS) is 12.6. The van der Waals surface area contributed by atoms with E-state index in [2.05, 4.69) is 106 Å². The number of carbonyl (C=O) groups excluding carboxylic acids is 3. The summed E-state index contributed by atoms with van der Waals surface area (Å²) in [5.74, 6) is -0.868. The van der Waals surface area contributed by atoms with Crippen LogP contribution in [0.4, 0.5) is 0 Å². The van der Waals surface area contributed by atoms with Crippen molar-refractivity contribution in [2.75, 3.05) is 13.2 Å². The van der Waals surface area contributed by atoms with Crippen LogP contribution in [0.3, 0.4) is 0 Å². The van der Waals surface area contributed by atoms with E-state index in [-0.39, 0.29) is 31.1 Å². The maximum absolute atomic E-state index is 12.9. The molecule has 0 aromatic heterocycles. The SMILES string of the molecule is CC/C=C\C/C=C\C/C=C\C/C=C\C/C=C\C/C=C\CCCCCCCCCCCCCCC(=O)OCC(COC(=O)CCCCCCCCCCCC)OC(=O)CCCCCCCCC/C=C\CCCCCCCCC. The lowest BCUT2D eigenvalue weighted by atomic mass is 10.0. The van der Waals surface area contributed by atoms with E-state index < -0.39 is 6.10 Å². The molecule has 0 aromatic carbocycles. The lowest BCUT2D eigenvalue weighted by Gasteiger charge is -2.18. The number of hydrogen-bond acceptors (Lipinski definition) is 6. The quantitative estimate of drug-likeness (QED) is 0.0261. The molecule has 77 heavy (non-hydrogen) atoms. The van der Waals surface area contributed by atoms with Crippen molar-refractivity contribution in [1.29, 1.82) is 0 Å². The van der Waals surface area contributed by atoms with Gasteiger partial charge in [-0.1, -0.05) is 298 Å². The van der Waals surface area contributed by atoms with Crippen molar-refractivity contribution < 1.29 is 28.6 Å². The molecular formula is C71H124O6. The Balaban J connectivity index is 4.18. The summed E-state index contributed by atoms with van der Waals surface area (Å²) in [6, 6.07) is 0. The summed E-state index contributed by atoms with van der Waals surface area (Å²) in [4.78, 5) is 38.2. The van der Waals surface area contributed by atoms with Crippen LogP contribution in [-0.4, -0.2) is 37.2 Å². The summed E-state index contributed by atoms with van der Waals surface area (Å²) in [6.07, 6.45) is 86.0. The molecule has 0 aliphatic carbocycles. The number of hydrogen-bond donors (Lipinski definition) is 0. The summed E-state index contributed by atoms with van der Waals surface area (Å²) < 4.78 is 16.9. The van der Waals surface area contributed by atoms with Gasteiger partial charge in [0.25, 0.3) is 0 Å². The van der Waals surface area contributed by atoms with Crippen LogP contribution in [0.25, 0.3) is 0 Å². The van der Waals surface area contributed by atoms with Gasteiger partial charge in [0.1, 0.15) is 13.2 Å². The molecule has 0 aromatic rings. The lowest BCUT2D eigenvalue weighted by molar-refractivity contribution is -0.167. The molecule has 0 saturated heterocycles. The van der Waals surface area contributed by atoms with Gasteiger partial charge in [-0.3, -0.25) is 14.4 Å². The van der Waals surface area contributed by atoms with E-state index in [4.69, 9.17) is 14.2 Å². The van der Waals surface area contributed by atoms with Gasteiger partial charge in [0, 0.05) is 19.3 Å². The Morgan fingerprint density at radius 2 is 0.506 bits per heavy atom. The fourth-order valence-corrected chi connectivity index (χ4v) is 9.44. The first-order valence-corrected chi connectivity index (χ1v) is 33.1. The van der Waals surface area contributed by atoms with Gasteiger partial charge in [-0.05, 0) is 96.3 Å². The summed E-state index contributed by atoms with van der Waals surface area (Å²) in [5, 5.41) is 0.